The lowest BCUT2D eigenvalue weighted by atomic mass is 10.1. The Balaban J connectivity index is 3.40. The minimum absolute atomic E-state index is 0.0636. The molecule has 14 heavy (non-hydrogen) atoms. The quantitative estimate of drug-likeness (QED) is 0.842. The SMILES string of the molecule is COc1c(Cl)cc(CO)c(C)c1OC. The topological polar surface area (TPSA) is 38.7 Å². The Labute approximate surface area is 88.2 Å². The van der Waals surface area contributed by atoms with Crippen molar-refractivity contribution in [3.8, 4) is 11.5 Å². The highest BCUT2D eigenvalue weighted by Gasteiger charge is 2.15. The molecular weight excluding hydrogens is 204 g/mol. The third-order valence-electron chi connectivity index (χ3n) is 2.12. The maximum Gasteiger partial charge on any atom is 0.179 e. The van der Waals surface area contributed by atoms with Gasteiger partial charge in [0.1, 0.15) is 0 Å². The fraction of sp³-hybridized carbons (Fsp3) is 0.400. The molecule has 0 fully saturated rings. The molecule has 1 N–H and O–H groups in total. The van der Waals surface area contributed by atoms with Crippen LogP contribution in [0.5, 0.6) is 11.5 Å². The number of hydrogen-bond acceptors (Lipinski definition) is 3. The predicted molar refractivity (Wildman–Crippen MR) is 55.2 cm³/mol. The zero-order chi connectivity index (χ0) is 10.7. The molecule has 78 valence electrons. The second kappa shape index (κ2) is 4.53. The molecular formula is C10H13ClO3. The second-order valence-electron chi connectivity index (χ2n) is 2.87. The fourth-order valence-electron chi connectivity index (χ4n) is 1.35. The number of aliphatic hydroxyl groups is 1. The van der Waals surface area contributed by atoms with Gasteiger partial charge in [0.05, 0.1) is 25.8 Å². The van der Waals surface area contributed by atoms with Crippen LogP contribution in [0.2, 0.25) is 5.02 Å². The zero-order valence-electron chi connectivity index (χ0n) is 8.43. The molecule has 1 aromatic carbocycles. The molecule has 4 heteroatoms. The summed E-state index contributed by atoms with van der Waals surface area (Å²) >= 11 is 5.95. The van der Waals surface area contributed by atoms with Gasteiger partial charge in [0, 0.05) is 5.56 Å². The van der Waals surface area contributed by atoms with Crippen LogP contribution in [0.15, 0.2) is 6.07 Å². The van der Waals surface area contributed by atoms with Crippen molar-refractivity contribution in [1.82, 2.24) is 0 Å². The van der Waals surface area contributed by atoms with Crippen LogP contribution in [0.25, 0.3) is 0 Å². The Bertz CT molecular complexity index is 337. The molecule has 0 aliphatic carbocycles. The molecule has 3 nitrogen and oxygen atoms in total. The molecule has 0 aliphatic heterocycles. The summed E-state index contributed by atoms with van der Waals surface area (Å²) in [5, 5.41) is 9.51. The first-order chi connectivity index (χ1) is 6.65. The van der Waals surface area contributed by atoms with E-state index in [1.54, 1.807) is 13.2 Å². The van der Waals surface area contributed by atoms with Gasteiger partial charge in [-0.25, -0.2) is 0 Å². The summed E-state index contributed by atoms with van der Waals surface area (Å²) in [4.78, 5) is 0. The molecule has 1 rings (SSSR count). The van der Waals surface area contributed by atoms with Gasteiger partial charge in [0.15, 0.2) is 11.5 Å². The van der Waals surface area contributed by atoms with Gasteiger partial charge in [-0.3, -0.25) is 0 Å². The van der Waals surface area contributed by atoms with Gasteiger partial charge < -0.3 is 14.6 Å². The van der Waals surface area contributed by atoms with E-state index in [0.29, 0.717) is 16.5 Å². The molecule has 0 spiro atoms. The molecule has 0 radical (unpaired) electrons. The minimum Gasteiger partial charge on any atom is -0.493 e. The molecule has 0 atom stereocenters. The van der Waals surface area contributed by atoms with Gasteiger partial charge in [-0.05, 0) is 18.6 Å². The Morgan fingerprint density at radius 2 is 1.86 bits per heavy atom. The van der Waals surface area contributed by atoms with Crippen molar-refractivity contribution in [3.05, 3.63) is 22.2 Å². The summed E-state index contributed by atoms with van der Waals surface area (Å²) in [5.41, 5.74) is 1.59. The van der Waals surface area contributed by atoms with Crippen molar-refractivity contribution in [2.45, 2.75) is 13.5 Å². The number of benzene rings is 1. The average Bonchev–Trinajstić information content (AvgIpc) is 2.20. The van der Waals surface area contributed by atoms with Crippen molar-refractivity contribution < 1.29 is 14.6 Å². The molecule has 0 unspecified atom stereocenters. The summed E-state index contributed by atoms with van der Waals surface area (Å²) in [6, 6.07) is 1.68. The highest BCUT2D eigenvalue weighted by molar-refractivity contribution is 6.32. The van der Waals surface area contributed by atoms with Crippen LogP contribution in [-0.2, 0) is 6.61 Å². The predicted octanol–water partition coefficient (Wildman–Crippen LogP) is 2.16. The van der Waals surface area contributed by atoms with Gasteiger partial charge in [0.25, 0.3) is 0 Å². The Kier molecular flexibility index (Phi) is 3.61. The largest absolute Gasteiger partial charge is 0.493 e. The molecule has 0 amide bonds. The summed E-state index contributed by atoms with van der Waals surface area (Å²) in [6.45, 7) is 1.79. The highest BCUT2D eigenvalue weighted by atomic mass is 35.5. The first-order valence-electron chi connectivity index (χ1n) is 4.16. The summed E-state index contributed by atoms with van der Waals surface area (Å²) < 4.78 is 10.3. The molecule has 0 aromatic heterocycles. The van der Waals surface area contributed by atoms with Crippen LogP contribution in [0, 0.1) is 6.92 Å². The van der Waals surface area contributed by atoms with Gasteiger partial charge in [0.2, 0.25) is 0 Å². The Morgan fingerprint density at radius 3 is 2.29 bits per heavy atom. The van der Waals surface area contributed by atoms with E-state index < -0.39 is 0 Å². The van der Waals surface area contributed by atoms with Crippen LogP contribution < -0.4 is 9.47 Å². The van der Waals surface area contributed by atoms with E-state index in [-0.39, 0.29) is 6.61 Å². The van der Waals surface area contributed by atoms with E-state index in [0.717, 1.165) is 11.1 Å². The molecule has 0 aliphatic rings. The molecule has 1 aromatic rings. The Morgan fingerprint density at radius 1 is 1.29 bits per heavy atom. The van der Waals surface area contributed by atoms with Crippen LogP contribution in [0.3, 0.4) is 0 Å². The van der Waals surface area contributed by atoms with E-state index in [9.17, 15) is 0 Å². The minimum atomic E-state index is -0.0636. The smallest absolute Gasteiger partial charge is 0.179 e. The van der Waals surface area contributed by atoms with E-state index in [2.05, 4.69) is 0 Å². The zero-order valence-corrected chi connectivity index (χ0v) is 9.18. The lowest BCUT2D eigenvalue weighted by Gasteiger charge is -2.14. The molecule has 0 heterocycles. The van der Waals surface area contributed by atoms with E-state index in [4.69, 9.17) is 26.2 Å². The fourth-order valence-corrected chi connectivity index (χ4v) is 1.65. The highest BCUT2D eigenvalue weighted by Crippen LogP contribution is 2.39. The van der Waals surface area contributed by atoms with Crippen molar-refractivity contribution in [2.75, 3.05) is 14.2 Å². The number of halogens is 1. The first kappa shape index (κ1) is 11.1. The Hall–Kier alpha value is -0.930. The van der Waals surface area contributed by atoms with Gasteiger partial charge in [-0.2, -0.15) is 0 Å². The van der Waals surface area contributed by atoms with Crippen LogP contribution in [0.1, 0.15) is 11.1 Å². The van der Waals surface area contributed by atoms with Crippen LogP contribution >= 0.6 is 11.6 Å². The summed E-state index contributed by atoms with van der Waals surface area (Å²) in [6.07, 6.45) is 0. The van der Waals surface area contributed by atoms with E-state index >= 15 is 0 Å². The monoisotopic (exact) mass is 216 g/mol. The molecule has 0 saturated carbocycles. The van der Waals surface area contributed by atoms with Crippen molar-refractivity contribution in [2.24, 2.45) is 0 Å². The summed E-state index contributed by atoms with van der Waals surface area (Å²) in [5.74, 6) is 1.08. The lowest BCUT2D eigenvalue weighted by Crippen LogP contribution is -1.98. The standard InChI is InChI=1S/C10H13ClO3/c1-6-7(5-12)4-8(11)10(14-3)9(6)13-2/h4,12H,5H2,1-3H3. The first-order valence-corrected chi connectivity index (χ1v) is 4.54. The van der Waals surface area contributed by atoms with Gasteiger partial charge >= 0.3 is 0 Å². The number of aliphatic hydroxyl groups excluding tert-OH is 1. The van der Waals surface area contributed by atoms with Crippen molar-refractivity contribution >= 4 is 11.6 Å². The third kappa shape index (κ3) is 1.79. The number of hydrogen-bond donors (Lipinski definition) is 1. The van der Waals surface area contributed by atoms with Gasteiger partial charge in [-0.1, -0.05) is 11.6 Å². The van der Waals surface area contributed by atoms with Crippen LogP contribution in [0.4, 0.5) is 0 Å². The second-order valence-corrected chi connectivity index (χ2v) is 3.27. The maximum atomic E-state index is 9.07. The van der Waals surface area contributed by atoms with Crippen molar-refractivity contribution in [1.29, 1.82) is 0 Å². The lowest BCUT2D eigenvalue weighted by molar-refractivity contribution is 0.279. The summed E-state index contributed by atoms with van der Waals surface area (Å²) in [7, 11) is 3.07. The van der Waals surface area contributed by atoms with Gasteiger partial charge in [-0.15, -0.1) is 0 Å². The molecule has 0 bridgehead atoms. The van der Waals surface area contributed by atoms with E-state index in [1.165, 1.54) is 7.11 Å². The van der Waals surface area contributed by atoms with Crippen LogP contribution in [-0.4, -0.2) is 19.3 Å². The maximum absolute atomic E-state index is 9.07. The molecule has 0 saturated heterocycles. The van der Waals surface area contributed by atoms with E-state index in [1.807, 2.05) is 6.92 Å². The normalized spacial score (nSPS) is 10.1. The number of rotatable bonds is 3. The van der Waals surface area contributed by atoms with Crippen molar-refractivity contribution in [3.63, 3.8) is 0 Å². The third-order valence-corrected chi connectivity index (χ3v) is 2.41. The number of methoxy groups -OCH3 is 2. The average molecular weight is 217 g/mol. The number of ether oxygens (including phenoxy) is 2.